The molecule has 2 amide bonds. The molecule has 0 fully saturated rings. The molecule has 7 nitrogen and oxygen atoms in total. The Hall–Kier alpha value is -1.89. The fourth-order valence-electron chi connectivity index (χ4n) is 1.46. The average Bonchev–Trinajstić information content (AvgIpc) is 2.88. The number of nitrogens with two attached hydrogens (primary N) is 1. The standard InChI is InChI=1S/C12H21N5O2/c1-7(2)11(13)12(19)14-6-10(18)17-8(3)9-4-15-16-5-9/h4-5,7-8,11H,6,13H2,1-3H3,(H,14,19)(H,15,16)(H,17,18)/t8?,11-/m0/s1. The molecule has 1 aromatic heterocycles. The molecule has 0 aliphatic carbocycles. The monoisotopic (exact) mass is 267 g/mol. The van der Waals surface area contributed by atoms with Gasteiger partial charge in [0.25, 0.3) is 0 Å². The van der Waals surface area contributed by atoms with Gasteiger partial charge in [0.1, 0.15) is 0 Å². The average molecular weight is 267 g/mol. The molecule has 1 unspecified atom stereocenters. The molecule has 2 atom stereocenters. The van der Waals surface area contributed by atoms with Gasteiger partial charge in [-0.2, -0.15) is 5.10 Å². The van der Waals surface area contributed by atoms with Crippen LogP contribution in [0.15, 0.2) is 12.4 Å². The van der Waals surface area contributed by atoms with E-state index in [2.05, 4.69) is 20.8 Å². The van der Waals surface area contributed by atoms with Crippen LogP contribution in [0, 0.1) is 5.92 Å². The Balaban J connectivity index is 2.34. The van der Waals surface area contributed by atoms with Crippen molar-refractivity contribution >= 4 is 11.8 Å². The highest BCUT2D eigenvalue weighted by Crippen LogP contribution is 2.08. The zero-order chi connectivity index (χ0) is 14.4. The Bertz CT molecular complexity index is 416. The number of nitrogens with one attached hydrogen (secondary N) is 3. The molecule has 0 aromatic carbocycles. The molecule has 7 heteroatoms. The summed E-state index contributed by atoms with van der Waals surface area (Å²) >= 11 is 0. The van der Waals surface area contributed by atoms with Gasteiger partial charge in [-0.05, 0) is 12.8 Å². The lowest BCUT2D eigenvalue weighted by atomic mass is 10.1. The number of aromatic amines is 1. The lowest BCUT2D eigenvalue weighted by molar-refractivity contribution is -0.127. The highest BCUT2D eigenvalue weighted by atomic mass is 16.2. The largest absolute Gasteiger partial charge is 0.348 e. The lowest BCUT2D eigenvalue weighted by Crippen LogP contribution is -2.47. The number of aromatic nitrogens is 2. The van der Waals surface area contributed by atoms with Gasteiger partial charge in [0.2, 0.25) is 11.8 Å². The summed E-state index contributed by atoms with van der Waals surface area (Å²) < 4.78 is 0. The smallest absolute Gasteiger partial charge is 0.239 e. The molecule has 0 radical (unpaired) electrons. The summed E-state index contributed by atoms with van der Waals surface area (Å²) in [5.74, 6) is -0.549. The first-order valence-corrected chi connectivity index (χ1v) is 6.23. The third-order valence-electron chi connectivity index (χ3n) is 2.84. The second-order valence-electron chi connectivity index (χ2n) is 4.81. The predicted molar refractivity (Wildman–Crippen MR) is 71.0 cm³/mol. The molecule has 0 saturated carbocycles. The number of carbonyl (C=O) groups is 2. The number of carbonyl (C=O) groups excluding carboxylic acids is 2. The summed E-state index contributed by atoms with van der Waals surface area (Å²) in [6.45, 7) is 5.46. The van der Waals surface area contributed by atoms with E-state index in [9.17, 15) is 9.59 Å². The molecule has 1 rings (SSSR count). The van der Waals surface area contributed by atoms with Crippen LogP contribution in [0.5, 0.6) is 0 Å². The molecule has 0 aliphatic heterocycles. The molecule has 1 aromatic rings. The molecule has 19 heavy (non-hydrogen) atoms. The quantitative estimate of drug-likeness (QED) is 0.566. The summed E-state index contributed by atoms with van der Waals surface area (Å²) in [5.41, 5.74) is 6.54. The van der Waals surface area contributed by atoms with Gasteiger partial charge in [-0.1, -0.05) is 13.8 Å². The fourth-order valence-corrected chi connectivity index (χ4v) is 1.46. The van der Waals surface area contributed by atoms with Crippen LogP contribution in [0.4, 0.5) is 0 Å². The van der Waals surface area contributed by atoms with Crippen LogP contribution in [0.2, 0.25) is 0 Å². The molecule has 106 valence electrons. The van der Waals surface area contributed by atoms with Crippen LogP contribution in [-0.2, 0) is 9.59 Å². The maximum absolute atomic E-state index is 11.6. The van der Waals surface area contributed by atoms with Crippen molar-refractivity contribution in [2.45, 2.75) is 32.9 Å². The third kappa shape index (κ3) is 4.70. The first-order valence-electron chi connectivity index (χ1n) is 6.23. The zero-order valence-electron chi connectivity index (χ0n) is 11.4. The lowest BCUT2D eigenvalue weighted by Gasteiger charge is -2.16. The zero-order valence-corrected chi connectivity index (χ0v) is 11.4. The van der Waals surface area contributed by atoms with Crippen LogP contribution >= 0.6 is 0 Å². The van der Waals surface area contributed by atoms with Crippen LogP contribution in [-0.4, -0.2) is 34.6 Å². The molecule has 1 heterocycles. The molecule has 0 bridgehead atoms. The first kappa shape index (κ1) is 15.2. The van der Waals surface area contributed by atoms with Gasteiger partial charge in [0, 0.05) is 11.8 Å². The second-order valence-corrected chi connectivity index (χ2v) is 4.81. The van der Waals surface area contributed by atoms with Crippen molar-refractivity contribution in [2.24, 2.45) is 11.7 Å². The minimum absolute atomic E-state index is 0.0351. The van der Waals surface area contributed by atoms with Crippen LogP contribution in [0.1, 0.15) is 32.4 Å². The van der Waals surface area contributed by atoms with Gasteiger partial charge in [-0.3, -0.25) is 14.7 Å². The van der Waals surface area contributed by atoms with Crippen LogP contribution in [0.3, 0.4) is 0 Å². The molecular weight excluding hydrogens is 246 g/mol. The number of H-pyrrole nitrogens is 1. The number of hydrogen-bond acceptors (Lipinski definition) is 4. The van der Waals surface area contributed by atoms with E-state index in [-0.39, 0.29) is 30.3 Å². The van der Waals surface area contributed by atoms with E-state index in [4.69, 9.17) is 5.73 Å². The summed E-state index contributed by atoms with van der Waals surface area (Å²) in [5, 5.41) is 11.7. The Morgan fingerprint density at radius 1 is 1.42 bits per heavy atom. The number of rotatable bonds is 6. The second kappa shape index (κ2) is 6.89. The van der Waals surface area contributed by atoms with Gasteiger partial charge in [0.15, 0.2) is 0 Å². The summed E-state index contributed by atoms with van der Waals surface area (Å²) in [7, 11) is 0. The minimum atomic E-state index is -0.598. The van der Waals surface area contributed by atoms with Crippen molar-refractivity contribution in [3.8, 4) is 0 Å². The van der Waals surface area contributed by atoms with Crippen molar-refractivity contribution in [2.75, 3.05) is 6.54 Å². The van der Waals surface area contributed by atoms with Crippen molar-refractivity contribution in [3.05, 3.63) is 18.0 Å². The van der Waals surface area contributed by atoms with Gasteiger partial charge in [-0.25, -0.2) is 0 Å². The summed E-state index contributed by atoms with van der Waals surface area (Å²) in [6.07, 6.45) is 3.34. The highest BCUT2D eigenvalue weighted by molar-refractivity contribution is 5.87. The molecular formula is C12H21N5O2. The third-order valence-corrected chi connectivity index (χ3v) is 2.84. The summed E-state index contributed by atoms with van der Waals surface area (Å²) in [6, 6.07) is -0.763. The SMILES string of the molecule is CC(NC(=O)CNC(=O)[C@@H](N)C(C)C)c1cn[nH]c1. The topological polar surface area (TPSA) is 113 Å². The predicted octanol–water partition coefficient (Wildman–Crippen LogP) is -0.314. The number of nitrogens with zero attached hydrogens (tertiary/aromatic N) is 1. The highest BCUT2D eigenvalue weighted by Gasteiger charge is 2.18. The summed E-state index contributed by atoms with van der Waals surface area (Å²) in [4.78, 5) is 23.2. The normalized spacial score (nSPS) is 13.9. The van der Waals surface area contributed by atoms with Crippen molar-refractivity contribution in [1.29, 1.82) is 0 Å². The van der Waals surface area contributed by atoms with E-state index in [0.717, 1.165) is 5.56 Å². The van der Waals surface area contributed by atoms with Gasteiger partial charge < -0.3 is 16.4 Å². The maximum atomic E-state index is 11.6. The Morgan fingerprint density at radius 2 is 2.11 bits per heavy atom. The van der Waals surface area contributed by atoms with Gasteiger partial charge >= 0.3 is 0 Å². The molecule has 5 N–H and O–H groups in total. The maximum Gasteiger partial charge on any atom is 0.239 e. The Kier molecular flexibility index (Phi) is 5.50. The van der Waals surface area contributed by atoms with E-state index in [1.807, 2.05) is 20.8 Å². The van der Waals surface area contributed by atoms with Crippen LogP contribution in [0.25, 0.3) is 0 Å². The molecule has 0 spiro atoms. The molecule has 0 saturated heterocycles. The van der Waals surface area contributed by atoms with Crippen LogP contribution < -0.4 is 16.4 Å². The first-order chi connectivity index (χ1) is 8.91. The number of hydrogen-bond donors (Lipinski definition) is 4. The minimum Gasteiger partial charge on any atom is -0.348 e. The fraction of sp³-hybridized carbons (Fsp3) is 0.583. The van der Waals surface area contributed by atoms with E-state index in [1.165, 1.54) is 0 Å². The Morgan fingerprint density at radius 3 is 2.63 bits per heavy atom. The number of amides is 2. The van der Waals surface area contributed by atoms with E-state index in [1.54, 1.807) is 12.4 Å². The van der Waals surface area contributed by atoms with E-state index >= 15 is 0 Å². The van der Waals surface area contributed by atoms with Crippen molar-refractivity contribution < 1.29 is 9.59 Å². The van der Waals surface area contributed by atoms with Gasteiger partial charge in [0.05, 0.1) is 24.8 Å². The van der Waals surface area contributed by atoms with E-state index in [0.29, 0.717) is 0 Å². The Labute approximate surface area is 112 Å². The van der Waals surface area contributed by atoms with Crippen molar-refractivity contribution in [1.82, 2.24) is 20.8 Å². The van der Waals surface area contributed by atoms with Crippen molar-refractivity contribution in [3.63, 3.8) is 0 Å². The van der Waals surface area contributed by atoms with E-state index < -0.39 is 6.04 Å². The van der Waals surface area contributed by atoms with Gasteiger partial charge in [-0.15, -0.1) is 0 Å². The molecule has 0 aliphatic rings.